The van der Waals surface area contributed by atoms with Gasteiger partial charge in [0.25, 0.3) is 6.10 Å². The maximum atomic E-state index is 13.3. The number of carbonyl (C=O) groups excluding carboxylic acids is 1. The molecular formula is C23H26F9N3O3. The number of piperidine rings is 1. The Bertz CT molecular complexity index is 977. The van der Waals surface area contributed by atoms with E-state index in [9.17, 15) is 44.3 Å². The van der Waals surface area contributed by atoms with Gasteiger partial charge >= 0.3 is 24.6 Å². The van der Waals surface area contributed by atoms with Crippen LogP contribution in [0.1, 0.15) is 24.0 Å². The van der Waals surface area contributed by atoms with Crippen LogP contribution in [0.5, 0.6) is 0 Å². The zero-order valence-electron chi connectivity index (χ0n) is 20.1. The van der Waals surface area contributed by atoms with E-state index in [0.717, 1.165) is 17.0 Å². The highest BCUT2D eigenvalue weighted by atomic mass is 19.4. The number of carbonyl (C=O) groups is 1. The monoisotopic (exact) mass is 563 g/mol. The van der Waals surface area contributed by atoms with Gasteiger partial charge in [-0.2, -0.15) is 39.5 Å². The highest BCUT2D eigenvalue weighted by molar-refractivity contribution is 5.68. The summed E-state index contributed by atoms with van der Waals surface area (Å²) >= 11 is 0. The Hall–Kier alpha value is -2.42. The molecule has 0 bridgehead atoms. The van der Waals surface area contributed by atoms with Gasteiger partial charge in [-0.05, 0) is 36.0 Å². The van der Waals surface area contributed by atoms with Gasteiger partial charge in [-0.3, -0.25) is 4.90 Å². The number of likely N-dealkylation sites (tertiary alicyclic amines) is 2. The average Bonchev–Trinajstić information content (AvgIpc) is 2.80. The first-order valence-electron chi connectivity index (χ1n) is 11.9. The van der Waals surface area contributed by atoms with Gasteiger partial charge in [0.1, 0.15) is 0 Å². The van der Waals surface area contributed by atoms with Crippen LogP contribution in [0.15, 0.2) is 18.2 Å². The minimum Gasteiger partial charge on any atom is -0.426 e. The first-order chi connectivity index (χ1) is 17.6. The summed E-state index contributed by atoms with van der Waals surface area (Å²) in [7, 11) is 0. The quantitative estimate of drug-likeness (QED) is 0.479. The van der Waals surface area contributed by atoms with E-state index in [1.807, 2.05) is 9.80 Å². The molecular weight excluding hydrogens is 537 g/mol. The van der Waals surface area contributed by atoms with E-state index in [0.29, 0.717) is 70.0 Å². The number of rotatable bonds is 4. The number of halogens is 9. The number of ether oxygens (including phenoxy) is 2. The van der Waals surface area contributed by atoms with Crippen LogP contribution >= 0.6 is 0 Å². The average molecular weight is 563 g/mol. The highest BCUT2D eigenvalue weighted by Gasteiger charge is 2.60. The number of morpholine rings is 1. The first kappa shape index (κ1) is 28.6. The topological polar surface area (TPSA) is 45.2 Å². The molecule has 15 heteroatoms. The van der Waals surface area contributed by atoms with Crippen molar-refractivity contribution in [1.82, 2.24) is 9.80 Å². The highest BCUT2D eigenvalue weighted by Crippen LogP contribution is 2.43. The van der Waals surface area contributed by atoms with Gasteiger partial charge in [-0.15, -0.1) is 0 Å². The molecule has 38 heavy (non-hydrogen) atoms. The van der Waals surface area contributed by atoms with Crippen molar-refractivity contribution in [2.24, 2.45) is 5.41 Å². The second-order valence-corrected chi connectivity index (χ2v) is 9.92. The Labute approximate surface area is 212 Å². The smallest absolute Gasteiger partial charge is 0.426 e. The maximum absolute atomic E-state index is 13.3. The fraction of sp³-hybridized carbons (Fsp3) is 0.696. The molecule has 0 aromatic heterocycles. The zero-order chi connectivity index (χ0) is 27.9. The molecule has 1 spiro atoms. The predicted molar refractivity (Wildman–Crippen MR) is 115 cm³/mol. The molecule has 0 unspecified atom stereocenters. The Balaban J connectivity index is 1.34. The predicted octanol–water partition coefficient (Wildman–Crippen LogP) is 5.07. The first-order valence-corrected chi connectivity index (χ1v) is 11.9. The molecule has 4 rings (SSSR count). The molecule has 214 valence electrons. The summed E-state index contributed by atoms with van der Waals surface area (Å²) in [6, 6.07) is 3.62. The molecule has 0 aliphatic carbocycles. The van der Waals surface area contributed by atoms with Gasteiger partial charge < -0.3 is 19.3 Å². The number of alkyl halides is 9. The second kappa shape index (κ2) is 10.3. The van der Waals surface area contributed by atoms with Crippen LogP contribution in [0, 0.1) is 5.41 Å². The molecule has 3 saturated heterocycles. The fourth-order valence-corrected chi connectivity index (χ4v) is 5.20. The Kier molecular flexibility index (Phi) is 7.73. The Morgan fingerprint density at radius 3 is 2.03 bits per heavy atom. The Morgan fingerprint density at radius 2 is 1.50 bits per heavy atom. The van der Waals surface area contributed by atoms with Crippen molar-refractivity contribution in [3.05, 3.63) is 29.3 Å². The summed E-state index contributed by atoms with van der Waals surface area (Å²) in [5.41, 5.74) is 0.155. The minimum atomic E-state index is -5.78. The Morgan fingerprint density at radius 1 is 0.921 bits per heavy atom. The van der Waals surface area contributed by atoms with E-state index >= 15 is 0 Å². The molecule has 3 aliphatic heterocycles. The maximum Gasteiger partial charge on any atom is 0.434 e. The van der Waals surface area contributed by atoms with E-state index in [1.54, 1.807) is 0 Å². The summed E-state index contributed by atoms with van der Waals surface area (Å²) in [6.07, 6.45) is -21.2. The summed E-state index contributed by atoms with van der Waals surface area (Å²) in [6.45, 7) is 3.02. The molecule has 1 amide bonds. The third-order valence-electron chi connectivity index (χ3n) is 7.17. The normalized spacial score (nSPS) is 21.1. The molecule has 0 atom stereocenters. The summed E-state index contributed by atoms with van der Waals surface area (Å²) in [5.74, 6) is 0. The summed E-state index contributed by atoms with van der Waals surface area (Å²) < 4.78 is 125. The van der Waals surface area contributed by atoms with E-state index in [1.165, 1.54) is 6.07 Å². The number of hydrogen-bond donors (Lipinski definition) is 0. The fourth-order valence-electron chi connectivity index (χ4n) is 5.20. The number of anilines is 1. The lowest BCUT2D eigenvalue weighted by atomic mass is 9.72. The van der Waals surface area contributed by atoms with Crippen LogP contribution in [-0.2, 0) is 22.2 Å². The van der Waals surface area contributed by atoms with Gasteiger partial charge in [0.15, 0.2) is 0 Å². The van der Waals surface area contributed by atoms with Crippen molar-refractivity contribution < 1.29 is 53.8 Å². The minimum absolute atomic E-state index is 0.0611. The second-order valence-electron chi connectivity index (χ2n) is 9.92. The van der Waals surface area contributed by atoms with E-state index in [4.69, 9.17) is 4.74 Å². The van der Waals surface area contributed by atoms with Crippen molar-refractivity contribution in [3.63, 3.8) is 0 Å². The van der Waals surface area contributed by atoms with Crippen molar-refractivity contribution in [1.29, 1.82) is 0 Å². The molecule has 3 fully saturated rings. The summed E-state index contributed by atoms with van der Waals surface area (Å²) in [4.78, 5) is 16.7. The van der Waals surface area contributed by atoms with Gasteiger partial charge in [0, 0.05) is 51.5 Å². The van der Waals surface area contributed by atoms with E-state index < -0.39 is 36.3 Å². The number of amides is 1. The third kappa shape index (κ3) is 6.41. The van der Waals surface area contributed by atoms with Gasteiger partial charge in [0.05, 0.1) is 18.8 Å². The number of benzene rings is 1. The lowest BCUT2D eigenvalue weighted by Crippen LogP contribution is -2.60. The molecule has 6 nitrogen and oxygen atoms in total. The van der Waals surface area contributed by atoms with Crippen LogP contribution in [0.3, 0.4) is 0 Å². The molecule has 1 aromatic rings. The lowest BCUT2D eigenvalue weighted by Gasteiger charge is -2.54. The molecule has 0 radical (unpaired) electrons. The van der Waals surface area contributed by atoms with Crippen LogP contribution in [0.25, 0.3) is 0 Å². The number of nitrogens with zero attached hydrogens (tertiary/aromatic N) is 3. The molecule has 3 aliphatic rings. The van der Waals surface area contributed by atoms with Crippen LogP contribution in [-0.4, -0.2) is 86.8 Å². The van der Waals surface area contributed by atoms with Gasteiger partial charge in [-0.1, -0.05) is 6.07 Å². The van der Waals surface area contributed by atoms with E-state index in [-0.39, 0.29) is 18.5 Å². The van der Waals surface area contributed by atoms with Crippen molar-refractivity contribution in [3.8, 4) is 0 Å². The lowest BCUT2D eigenvalue weighted by molar-refractivity contribution is -0.308. The molecule has 0 N–H and O–H groups in total. The molecule has 3 heterocycles. The zero-order valence-corrected chi connectivity index (χ0v) is 20.1. The van der Waals surface area contributed by atoms with Crippen molar-refractivity contribution >= 4 is 11.8 Å². The standard InChI is InChI=1S/C23H26F9N3O3/c24-21(25,26)16-2-1-15(17(11-16)34-7-9-37-10-8-34)12-33-13-20(14-33)3-5-35(6-4-20)19(36)38-18(22(27,28)29)23(30,31)32/h1-2,11,18H,3-10,12-14H2. The third-order valence-corrected chi connectivity index (χ3v) is 7.17. The molecule has 1 aromatic carbocycles. The van der Waals surface area contributed by atoms with Crippen LogP contribution in [0.4, 0.5) is 50.0 Å². The largest absolute Gasteiger partial charge is 0.434 e. The van der Waals surface area contributed by atoms with E-state index in [2.05, 4.69) is 4.74 Å². The van der Waals surface area contributed by atoms with Crippen LogP contribution < -0.4 is 4.90 Å². The van der Waals surface area contributed by atoms with Gasteiger partial charge in [0.2, 0.25) is 0 Å². The number of hydrogen-bond acceptors (Lipinski definition) is 5. The SMILES string of the molecule is O=C(OC(C(F)(F)F)C(F)(F)F)N1CCC2(CC1)CN(Cc1ccc(C(F)(F)F)cc1N1CCOCC1)C2. The van der Waals surface area contributed by atoms with Gasteiger partial charge in [-0.25, -0.2) is 4.79 Å². The van der Waals surface area contributed by atoms with Crippen molar-refractivity contribution in [2.45, 2.75) is 44.0 Å². The van der Waals surface area contributed by atoms with Crippen molar-refractivity contribution in [2.75, 3.05) is 57.4 Å². The van der Waals surface area contributed by atoms with Crippen LogP contribution in [0.2, 0.25) is 0 Å². The summed E-state index contributed by atoms with van der Waals surface area (Å²) in [5, 5.41) is 0. The molecule has 0 saturated carbocycles.